The molecule has 19 heavy (non-hydrogen) atoms. The average Bonchev–Trinajstić information content (AvgIpc) is 2.68. The van der Waals surface area contributed by atoms with E-state index < -0.39 is 0 Å². The molecule has 0 bridgehead atoms. The first kappa shape index (κ1) is 13.8. The predicted molar refractivity (Wildman–Crippen MR) is 72.8 cm³/mol. The molecule has 102 valence electrons. The summed E-state index contributed by atoms with van der Waals surface area (Å²) in [5.41, 5.74) is 1.29. The van der Waals surface area contributed by atoms with Crippen molar-refractivity contribution in [2.75, 3.05) is 20.0 Å². The van der Waals surface area contributed by atoms with Gasteiger partial charge in [0.05, 0.1) is 11.0 Å². The van der Waals surface area contributed by atoms with Gasteiger partial charge in [0.25, 0.3) is 0 Å². The number of carbonyl (C=O) groups is 1. The topological polar surface area (TPSA) is 38.1 Å². The second kappa shape index (κ2) is 5.57. The largest absolute Gasteiger partial charge is 0.347 e. The summed E-state index contributed by atoms with van der Waals surface area (Å²) < 4.78 is 15.1. The third-order valence-electron chi connectivity index (χ3n) is 2.90. The van der Waals surface area contributed by atoms with E-state index >= 15 is 0 Å². The Kier molecular flexibility index (Phi) is 4.04. The number of imidazole rings is 1. The van der Waals surface area contributed by atoms with Crippen molar-refractivity contribution in [1.82, 2.24) is 14.5 Å². The Balaban J connectivity index is 2.50. The first-order chi connectivity index (χ1) is 9.02. The maximum Gasteiger partial charge on any atom is 0.242 e. The first-order valence-corrected chi connectivity index (χ1v) is 6.47. The van der Waals surface area contributed by atoms with Crippen molar-refractivity contribution in [2.24, 2.45) is 0 Å². The molecule has 0 fully saturated rings. The van der Waals surface area contributed by atoms with Gasteiger partial charge in [-0.2, -0.15) is 0 Å². The second-order valence-corrected chi connectivity index (χ2v) is 4.85. The lowest BCUT2D eigenvalue weighted by atomic mass is 10.3. The Morgan fingerprint density at radius 3 is 2.84 bits per heavy atom. The van der Waals surface area contributed by atoms with E-state index in [4.69, 9.17) is 11.6 Å². The van der Waals surface area contributed by atoms with E-state index in [-0.39, 0.29) is 18.3 Å². The van der Waals surface area contributed by atoms with Crippen LogP contribution in [0.1, 0.15) is 5.82 Å². The molecule has 2 aromatic rings. The van der Waals surface area contributed by atoms with Gasteiger partial charge in [0.1, 0.15) is 18.2 Å². The highest BCUT2D eigenvalue weighted by atomic mass is 35.5. The van der Waals surface area contributed by atoms with Crippen LogP contribution < -0.4 is 0 Å². The van der Waals surface area contributed by atoms with Gasteiger partial charge in [-0.25, -0.2) is 9.37 Å². The number of amides is 1. The summed E-state index contributed by atoms with van der Waals surface area (Å²) in [6.07, 6.45) is 0.540. The maximum absolute atomic E-state index is 13.3. The second-order valence-electron chi connectivity index (χ2n) is 4.47. The number of carbonyl (C=O) groups excluding carboxylic acids is 1. The van der Waals surface area contributed by atoms with E-state index in [9.17, 15) is 9.18 Å². The van der Waals surface area contributed by atoms with Crippen molar-refractivity contribution < 1.29 is 9.18 Å². The molecule has 0 aliphatic carbocycles. The van der Waals surface area contributed by atoms with E-state index in [0.29, 0.717) is 29.2 Å². The summed E-state index contributed by atoms with van der Waals surface area (Å²) in [4.78, 5) is 17.7. The van der Waals surface area contributed by atoms with Gasteiger partial charge in [0.2, 0.25) is 5.91 Å². The molecule has 0 saturated carbocycles. The van der Waals surface area contributed by atoms with Gasteiger partial charge in [-0.15, -0.1) is 11.6 Å². The minimum absolute atomic E-state index is 0.0700. The Morgan fingerprint density at radius 2 is 2.21 bits per heavy atom. The van der Waals surface area contributed by atoms with Crippen LogP contribution in [0.5, 0.6) is 0 Å². The maximum atomic E-state index is 13.3. The molecule has 1 heterocycles. The molecule has 6 heteroatoms. The van der Waals surface area contributed by atoms with Gasteiger partial charge in [0, 0.05) is 26.4 Å². The van der Waals surface area contributed by atoms with Crippen molar-refractivity contribution in [3.63, 3.8) is 0 Å². The van der Waals surface area contributed by atoms with Gasteiger partial charge in [-0.3, -0.25) is 4.79 Å². The molecule has 4 nitrogen and oxygen atoms in total. The summed E-state index contributed by atoms with van der Waals surface area (Å²) in [5.74, 6) is 0.690. The van der Waals surface area contributed by atoms with Crippen LogP contribution in [0, 0.1) is 5.82 Å². The van der Waals surface area contributed by atoms with E-state index in [1.54, 1.807) is 24.7 Å². The molecule has 1 amide bonds. The molecule has 0 N–H and O–H groups in total. The van der Waals surface area contributed by atoms with Gasteiger partial charge < -0.3 is 9.47 Å². The van der Waals surface area contributed by atoms with Crippen molar-refractivity contribution in [2.45, 2.75) is 13.0 Å². The zero-order valence-corrected chi connectivity index (χ0v) is 11.6. The molecule has 0 spiro atoms. The van der Waals surface area contributed by atoms with Crippen LogP contribution in [0.2, 0.25) is 0 Å². The Bertz CT molecular complexity index is 609. The van der Waals surface area contributed by atoms with Crippen molar-refractivity contribution in [3.05, 3.63) is 29.8 Å². The SMILES string of the molecule is CN(C)C(=O)Cn1c(CCCl)nc2ccc(F)cc21. The van der Waals surface area contributed by atoms with E-state index in [0.717, 1.165) is 0 Å². The fourth-order valence-electron chi connectivity index (χ4n) is 1.87. The smallest absolute Gasteiger partial charge is 0.242 e. The summed E-state index contributed by atoms with van der Waals surface area (Å²) in [6.45, 7) is 0.138. The minimum atomic E-state index is -0.344. The number of alkyl halides is 1. The number of fused-ring (bicyclic) bond motifs is 1. The molecule has 2 rings (SSSR count). The standard InChI is InChI=1S/C13H15ClFN3O/c1-17(2)13(19)8-18-11-7-9(15)3-4-10(11)16-12(18)5-6-14/h3-4,7H,5-6,8H2,1-2H3. The monoisotopic (exact) mass is 283 g/mol. The predicted octanol–water partition coefficient (Wildman–Crippen LogP) is 2.04. The number of aromatic nitrogens is 2. The molecule has 0 atom stereocenters. The third kappa shape index (κ3) is 2.87. The summed E-state index contributed by atoms with van der Waals surface area (Å²) in [6, 6.07) is 4.36. The fourth-order valence-corrected chi connectivity index (χ4v) is 2.04. The lowest BCUT2D eigenvalue weighted by Gasteiger charge is -2.13. The third-order valence-corrected chi connectivity index (χ3v) is 3.09. The summed E-state index contributed by atoms with van der Waals surface area (Å²) in [7, 11) is 3.37. The average molecular weight is 284 g/mol. The van der Waals surface area contributed by atoms with Crippen molar-refractivity contribution >= 4 is 28.5 Å². The Morgan fingerprint density at radius 1 is 1.47 bits per heavy atom. The highest BCUT2D eigenvalue weighted by Gasteiger charge is 2.14. The number of nitrogens with zero attached hydrogens (tertiary/aromatic N) is 3. The van der Waals surface area contributed by atoms with Crippen LogP contribution in [0.25, 0.3) is 11.0 Å². The van der Waals surface area contributed by atoms with Gasteiger partial charge >= 0.3 is 0 Å². The van der Waals surface area contributed by atoms with Crippen LogP contribution >= 0.6 is 11.6 Å². The lowest BCUT2D eigenvalue weighted by molar-refractivity contribution is -0.129. The number of likely N-dealkylation sites (N-methyl/N-ethyl adjacent to an activating group) is 1. The summed E-state index contributed by atoms with van der Waals surface area (Å²) in [5, 5.41) is 0. The van der Waals surface area contributed by atoms with E-state index in [1.807, 2.05) is 0 Å². The van der Waals surface area contributed by atoms with Gasteiger partial charge in [0.15, 0.2) is 0 Å². The fraction of sp³-hybridized carbons (Fsp3) is 0.385. The molecule has 1 aromatic carbocycles. The number of aryl methyl sites for hydroxylation is 1. The normalized spacial score (nSPS) is 10.9. The zero-order valence-electron chi connectivity index (χ0n) is 10.9. The molecular formula is C13H15ClFN3O. The van der Waals surface area contributed by atoms with Gasteiger partial charge in [-0.1, -0.05) is 0 Å². The zero-order chi connectivity index (χ0) is 14.0. The van der Waals surface area contributed by atoms with Crippen molar-refractivity contribution in [3.8, 4) is 0 Å². The summed E-state index contributed by atoms with van der Waals surface area (Å²) >= 11 is 5.74. The van der Waals surface area contributed by atoms with Crippen molar-refractivity contribution in [1.29, 1.82) is 0 Å². The van der Waals surface area contributed by atoms with Crippen LogP contribution in [0.15, 0.2) is 18.2 Å². The molecule has 0 saturated heterocycles. The van der Waals surface area contributed by atoms with Crippen LogP contribution in [0.3, 0.4) is 0 Å². The molecule has 0 aliphatic heterocycles. The number of hydrogen-bond donors (Lipinski definition) is 0. The number of rotatable bonds is 4. The Hall–Kier alpha value is -1.62. The molecule has 0 radical (unpaired) electrons. The molecular weight excluding hydrogens is 269 g/mol. The lowest BCUT2D eigenvalue weighted by Crippen LogP contribution is -2.27. The van der Waals surface area contributed by atoms with Gasteiger partial charge in [-0.05, 0) is 18.2 Å². The first-order valence-electron chi connectivity index (χ1n) is 5.93. The van der Waals surface area contributed by atoms with E-state index in [1.165, 1.54) is 17.0 Å². The number of hydrogen-bond acceptors (Lipinski definition) is 2. The highest BCUT2D eigenvalue weighted by Crippen LogP contribution is 2.18. The molecule has 0 unspecified atom stereocenters. The Labute approximate surface area is 115 Å². The van der Waals surface area contributed by atoms with E-state index in [2.05, 4.69) is 4.98 Å². The quantitative estimate of drug-likeness (QED) is 0.806. The number of benzene rings is 1. The van der Waals surface area contributed by atoms with Crippen LogP contribution in [-0.4, -0.2) is 40.3 Å². The highest BCUT2D eigenvalue weighted by molar-refractivity contribution is 6.17. The van der Waals surface area contributed by atoms with Crippen LogP contribution in [-0.2, 0) is 17.8 Å². The molecule has 1 aromatic heterocycles. The number of halogens is 2. The molecule has 0 aliphatic rings. The van der Waals surface area contributed by atoms with Crippen LogP contribution in [0.4, 0.5) is 4.39 Å². The minimum Gasteiger partial charge on any atom is -0.347 e.